The second-order valence-electron chi connectivity index (χ2n) is 11.0. The number of alkyl halides is 6. The molecule has 2 aliphatic heterocycles. The fourth-order valence-electron chi connectivity index (χ4n) is 6.06. The second-order valence-corrected chi connectivity index (χ2v) is 11.9. The Morgan fingerprint density at radius 2 is 1.87 bits per heavy atom. The number of carbonyl (C=O) groups is 1. The molecule has 2 atom stereocenters. The summed E-state index contributed by atoms with van der Waals surface area (Å²) in [5, 5.41) is 8.01. The van der Waals surface area contributed by atoms with E-state index in [9.17, 15) is 31.1 Å². The van der Waals surface area contributed by atoms with E-state index in [4.69, 9.17) is 4.74 Å². The molecule has 1 fully saturated rings. The Bertz CT molecular complexity index is 1880. The molecule has 16 heteroatoms. The van der Waals surface area contributed by atoms with Gasteiger partial charge in [0, 0.05) is 54.1 Å². The number of hydrogen-bond donors (Lipinski definition) is 1. The normalized spacial score (nSPS) is 17.5. The molecule has 1 amide bonds. The Balaban J connectivity index is 1.39. The van der Waals surface area contributed by atoms with Gasteiger partial charge in [0.2, 0.25) is 0 Å². The number of benzene rings is 2. The molecule has 0 aliphatic carbocycles. The van der Waals surface area contributed by atoms with Crippen LogP contribution < -0.4 is 10.2 Å². The highest BCUT2D eigenvalue weighted by atomic mass is 32.1. The molecule has 3 aromatic heterocycles. The Morgan fingerprint density at radius 3 is 2.54 bits per heavy atom. The van der Waals surface area contributed by atoms with Crippen LogP contribution in [0.5, 0.6) is 0 Å². The maximum absolute atomic E-state index is 14.9. The second kappa shape index (κ2) is 11.7. The Labute approximate surface area is 261 Å². The van der Waals surface area contributed by atoms with Crippen LogP contribution >= 0.6 is 11.3 Å². The quantitative estimate of drug-likeness (QED) is 0.207. The van der Waals surface area contributed by atoms with Crippen LogP contribution in [-0.2, 0) is 28.7 Å². The molecule has 0 bridgehead atoms. The molecule has 2 aromatic carbocycles. The van der Waals surface area contributed by atoms with Crippen LogP contribution in [0.25, 0.3) is 22.0 Å². The minimum absolute atomic E-state index is 0.00826. The molecule has 1 N–H and O–H groups in total. The van der Waals surface area contributed by atoms with E-state index >= 15 is 0 Å². The number of nitrogens with zero attached hydrogens (tertiary/aromatic N) is 6. The number of thiazole rings is 1. The molecule has 2 unspecified atom stereocenters. The third-order valence-electron chi connectivity index (χ3n) is 8.16. The number of rotatable bonds is 7. The first-order chi connectivity index (χ1) is 22.1. The van der Waals surface area contributed by atoms with Gasteiger partial charge in [-0.2, -0.15) is 18.3 Å². The van der Waals surface area contributed by atoms with Crippen molar-refractivity contribution in [3.63, 3.8) is 0 Å². The maximum atomic E-state index is 14.9. The van der Waals surface area contributed by atoms with Crippen molar-refractivity contribution in [1.82, 2.24) is 24.3 Å². The van der Waals surface area contributed by atoms with Gasteiger partial charge in [-0.15, -0.1) is 11.3 Å². The lowest BCUT2D eigenvalue weighted by Crippen LogP contribution is -2.36. The number of halogens is 6. The smallest absolute Gasteiger partial charge is 0.378 e. The highest BCUT2D eigenvalue weighted by molar-refractivity contribution is 7.13. The van der Waals surface area contributed by atoms with Gasteiger partial charge in [0.05, 0.1) is 42.9 Å². The zero-order valence-electron chi connectivity index (χ0n) is 23.8. The third-order valence-corrected chi connectivity index (χ3v) is 8.85. The Morgan fingerprint density at radius 1 is 1.11 bits per heavy atom. The highest BCUT2D eigenvalue weighted by Gasteiger charge is 2.39. The van der Waals surface area contributed by atoms with Gasteiger partial charge in [0.15, 0.2) is 11.2 Å². The van der Waals surface area contributed by atoms with Crippen molar-refractivity contribution >= 4 is 39.0 Å². The molecular formula is C30H25F6N7O2S. The van der Waals surface area contributed by atoms with Gasteiger partial charge in [-0.1, -0.05) is 12.1 Å². The molecule has 7 rings (SSSR count). The van der Waals surface area contributed by atoms with Crippen molar-refractivity contribution in [2.24, 2.45) is 0 Å². The fraction of sp³-hybridized carbons (Fsp3) is 0.333. The SMILES string of the molecule is O=C(Nc1nccs1)C(c1ncn2c1CC(F)C2)n1cc2c(C(F)(F)F)cc(-c3ccc(N4CCOCC4)cc3)c(C(F)F)c2n1. The number of ether oxygens (including phenoxy) is 1. The molecule has 5 heterocycles. The molecule has 46 heavy (non-hydrogen) atoms. The monoisotopic (exact) mass is 661 g/mol. The van der Waals surface area contributed by atoms with Crippen molar-refractivity contribution in [2.75, 3.05) is 36.5 Å². The van der Waals surface area contributed by atoms with Crippen LogP contribution in [0.15, 0.2) is 54.4 Å². The summed E-state index contributed by atoms with van der Waals surface area (Å²) in [5.74, 6) is -0.780. The number of aromatic nitrogens is 5. The number of nitrogens with one attached hydrogen (secondary N) is 1. The van der Waals surface area contributed by atoms with Crippen LogP contribution in [0.4, 0.5) is 37.2 Å². The first-order valence-electron chi connectivity index (χ1n) is 14.3. The van der Waals surface area contributed by atoms with Crippen molar-refractivity contribution in [2.45, 2.75) is 37.8 Å². The third kappa shape index (κ3) is 5.48. The van der Waals surface area contributed by atoms with Crippen molar-refractivity contribution in [3.8, 4) is 11.1 Å². The van der Waals surface area contributed by atoms with Gasteiger partial charge in [-0.05, 0) is 29.3 Å². The molecule has 2 aliphatic rings. The van der Waals surface area contributed by atoms with E-state index in [0.29, 0.717) is 38.1 Å². The molecule has 0 radical (unpaired) electrons. The van der Waals surface area contributed by atoms with Crippen LogP contribution in [-0.4, -0.2) is 62.7 Å². The summed E-state index contributed by atoms with van der Waals surface area (Å²) >= 11 is 1.10. The molecule has 0 saturated carbocycles. The van der Waals surface area contributed by atoms with Gasteiger partial charge in [-0.3, -0.25) is 14.8 Å². The highest BCUT2D eigenvalue weighted by Crippen LogP contribution is 2.44. The topological polar surface area (TPSA) is 90.1 Å². The number of anilines is 2. The van der Waals surface area contributed by atoms with E-state index in [0.717, 1.165) is 27.9 Å². The zero-order valence-corrected chi connectivity index (χ0v) is 24.7. The first-order valence-corrected chi connectivity index (χ1v) is 15.2. The Hall–Kier alpha value is -4.44. The average molecular weight is 662 g/mol. The molecule has 5 aromatic rings. The maximum Gasteiger partial charge on any atom is 0.417 e. The number of imidazole rings is 1. The lowest BCUT2D eigenvalue weighted by molar-refractivity contribution is -0.136. The molecular weight excluding hydrogens is 636 g/mol. The predicted octanol–water partition coefficient (Wildman–Crippen LogP) is 6.27. The summed E-state index contributed by atoms with van der Waals surface area (Å²) in [4.78, 5) is 24.0. The van der Waals surface area contributed by atoms with E-state index in [1.54, 1.807) is 17.5 Å². The van der Waals surface area contributed by atoms with Crippen LogP contribution in [0, 0.1) is 0 Å². The Kier molecular flexibility index (Phi) is 7.71. The van der Waals surface area contributed by atoms with E-state index in [2.05, 4.69) is 20.4 Å². The van der Waals surface area contributed by atoms with Gasteiger partial charge >= 0.3 is 6.18 Å². The van der Waals surface area contributed by atoms with Crippen molar-refractivity contribution < 1.29 is 35.9 Å². The van der Waals surface area contributed by atoms with Crippen LogP contribution in [0.2, 0.25) is 0 Å². The largest absolute Gasteiger partial charge is 0.417 e. The van der Waals surface area contributed by atoms with Crippen molar-refractivity contribution in [3.05, 3.63) is 76.9 Å². The summed E-state index contributed by atoms with van der Waals surface area (Å²) in [5.41, 5.74) is -1.51. The number of hydrogen-bond acceptors (Lipinski definition) is 7. The predicted molar refractivity (Wildman–Crippen MR) is 158 cm³/mol. The summed E-state index contributed by atoms with van der Waals surface area (Å²) in [6, 6.07) is 5.53. The first kappa shape index (κ1) is 30.2. The van der Waals surface area contributed by atoms with E-state index < -0.39 is 52.8 Å². The van der Waals surface area contributed by atoms with Gasteiger partial charge < -0.3 is 14.2 Å². The molecule has 1 saturated heterocycles. The molecule has 240 valence electrons. The lowest BCUT2D eigenvalue weighted by Gasteiger charge is -2.29. The fourth-order valence-corrected chi connectivity index (χ4v) is 6.59. The number of amides is 1. The number of fused-ring (bicyclic) bond motifs is 2. The average Bonchev–Trinajstić information content (AvgIpc) is 3.83. The summed E-state index contributed by atoms with van der Waals surface area (Å²) < 4.78 is 95.6. The molecule has 9 nitrogen and oxygen atoms in total. The van der Waals surface area contributed by atoms with Crippen LogP contribution in [0.1, 0.15) is 35.0 Å². The summed E-state index contributed by atoms with van der Waals surface area (Å²) in [6.45, 7) is 2.26. The van der Waals surface area contributed by atoms with Gasteiger partial charge in [0.25, 0.3) is 12.3 Å². The lowest BCUT2D eigenvalue weighted by atomic mass is 9.94. The zero-order chi connectivity index (χ0) is 32.2. The molecule has 0 spiro atoms. The van der Waals surface area contributed by atoms with Gasteiger partial charge in [-0.25, -0.2) is 23.1 Å². The standard InChI is InChI=1S/C30H25F6N7O2S/c31-17-11-22-25(38-15-42(22)13-17)26(28(44)39-29-37-5-10-46-29)43-14-20-21(30(34,35)36)12-19(23(27(32)33)24(20)40-43)16-1-3-18(4-2-16)41-6-8-45-9-7-41/h1-5,10,12,14-15,17,26-27H,6-9,11,13H2,(H,37,39,44). The minimum atomic E-state index is -4.95. The van der Waals surface area contributed by atoms with Crippen molar-refractivity contribution in [1.29, 1.82) is 0 Å². The summed E-state index contributed by atoms with van der Waals surface area (Å²) in [7, 11) is 0. The van der Waals surface area contributed by atoms with E-state index in [-0.39, 0.29) is 34.9 Å². The minimum Gasteiger partial charge on any atom is -0.378 e. The summed E-state index contributed by atoms with van der Waals surface area (Å²) in [6.07, 6.45) is -5.80. The number of morpholine rings is 1. The van der Waals surface area contributed by atoms with E-state index in [1.165, 1.54) is 29.2 Å². The number of carbonyl (C=O) groups excluding carboxylic acids is 1. The van der Waals surface area contributed by atoms with E-state index in [1.807, 2.05) is 4.90 Å². The van der Waals surface area contributed by atoms with Gasteiger partial charge in [0.1, 0.15) is 11.7 Å². The van der Waals surface area contributed by atoms with Crippen LogP contribution in [0.3, 0.4) is 0 Å².